The number of rotatable bonds is 6. The van der Waals surface area contributed by atoms with Crippen LogP contribution in [0.1, 0.15) is 44.8 Å². The SMILES string of the molecule is CCn1ncc(C(=O)Nc2c(C(N)=O)sc3nc(C(F)F)cc(-c4ccccc4)c23)c1C. The van der Waals surface area contributed by atoms with Gasteiger partial charge < -0.3 is 11.1 Å². The number of aryl methyl sites for hydroxylation is 1. The first-order valence-corrected chi connectivity index (χ1v) is 10.6. The molecule has 4 aromatic rings. The fourth-order valence-corrected chi connectivity index (χ4v) is 4.55. The summed E-state index contributed by atoms with van der Waals surface area (Å²) in [4.78, 5) is 29.5. The van der Waals surface area contributed by atoms with Crippen LogP contribution in [0.5, 0.6) is 0 Å². The zero-order valence-corrected chi connectivity index (χ0v) is 18.0. The molecule has 0 spiro atoms. The smallest absolute Gasteiger partial charge is 0.280 e. The van der Waals surface area contributed by atoms with Crippen LogP contribution in [0.3, 0.4) is 0 Å². The highest BCUT2D eigenvalue weighted by Gasteiger charge is 2.26. The fourth-order valence-electron chi connectivity index (χ4n) is 3.54. The topological polar surface area (TPSA) is 103 Å². The summed E-state index contributed by atoms with van der Waals surface area (Å²) < 4.78 is 28.7. The Labute approximate surface area is 185 Å². The molecule has 0 saturated carbocycles. The summed E-state index contributed by atoms with van der Waals surface area (Å²) in [5, 5.41) is 7.31. The number of pyridine rings is 1. The van der Waals surface area contributed by atoms with Gasteiger partial charge in [0.25, 0.3) is 18.2 Å². The highest BCUT2D eigenvalue weighted by Crippen LogP contribution is 2.42. The van der Waals surface area contributed by atoms with Crippen molar-refractivity contribution in [2.45, 2.75) is 26.8 Å². The Bertz CT molecular complexity index is 1330. The average molecular weight is 455 g/mol. The first-order chi connectivity index (χ1) is 15.3. The van der Waals surface area contributed by atoms with Crippen molar-refractivity contribution in [1.82, 2.24) is 14.8 Å². The maximum Gasteiger partial charge on any atom is 0.280 e. The number of aromatic nitrogens is 3. The number of benzene rings is 1. The number of nitrogens with one attached hydrogen (secondary N) is 1. The summed E-state index contributed by atoms with van der Waals surface area (Å²) in [7, 11) is 0. The molecule has 0 aliphatic carbocycles. The summed E-state index contributed by atoms with van der Waals surface area (Å²) in [5.41, 5.74) is 7.34. The molecule has 3 N–H and O–H groups in total. The normalized spacial score (nSPS) is 11.3. The Morgan fingerprint density at radius 2 is 1.97 bits per heavy atom. The Morgan fingerprint density at radius 3 is 2.56 bits per heavy atom. The van der Waals surface area contributed by atoms with E-state index in [0.29, 0.717) is 34.3 Å². The number of hydrogen-bond donors (Lipinski definition) is 2. The summed E-state index contributed by atoms with van der Waals surface area (Å²) >= 11 is 0.869. The molecule has 0 fully saturated rings. The lowest BCUT2D eigenvalue weighted by atomic mass is 10.0. The minimum Gasteiger partial charge on any atom is -0.365 e. The minimum absolute atomic E-state index is 0.0324. The number of carbonyl (C=O) groups is 2. The van der Waals surface area contributed by atoms with Gasteiger partial charge in [0.05, 0.1) is 17.4 Å². The molecule has 3 heterocycles. The van der Waals surface area contributed by atoms with E-state index in [-0.39, 0.29) is 15.4 Å². The van der Waals surface area contributed by atoms with Crippen LogP contribution >= 0.6 is 11.3 Å². The van der Waals surface area contributed by atoms with Crippen molar-refractivity contribution in [3.8, 4) is 11.1 Å². The first-order valence-electron chi connectivity index (χ1n) is 9.76. The molecule has 0 radical (unpaired) electrons. The third-order valence-electron chi connectivity index (χ3n) is 5.10. The molecule has 0 saturated heterocycles. The Morgan fingerprint density at radius 1 is 1.25 bits per heavy atom. The van der Waals surface area contributed by atoms with Crippen LogP contribution < -0.4 is 11.1 Å². The molecule has 4 rings (SSSR count). The second kappa shape index (κ2) is 8.46. The Balaban J connectivity index is 1.94. The Hall–Kier alpha value is -3.66. The minimum atomic E-state index is -2.80. The van der Waals surface area contributed by atoms with Gasteiger partial charge >= 0.3 is 0 Å². The lowest BCUT2D eigenvalue weighted by Crippen LogP contribution is -2.17. The first kappa shape index (κ1) is 21.6. The van der Waals surface area contributed by atoms with E-state index in [1.165, 1.54) is 12.3 Å². The number of halogens is 2. The monoisotopic (exact) mass is 455 g/mol. The predicted octanol–water partition coefficient (Wildman–Crippen LogP) is 4.78. The number of nitrogens with zero attached hydrogens (tertiary/aromatic N) is 3. The third-order valence-corrected chi connectivity index (χ3v) is 6.20. The summed E-state index contributed by atoms with van der Waals surface area (Å²) in [6.45, 7) is 4.25. The van der Waals surface area contributed by atoms with Gasteiger partial charge in [0.2, 0.25) is 0 Å². The van der Waals surface area contributed by atoms with E-state index in [9.17, 15) is 18.4 Å². The number of primary amides is 1. The molecule has 7 nitrogen and oxygen atoms in total. The van der Waals surface area contributed by atoms with Gasteiger partial charge in [-0.1, -0.05) is 30.3 Å². The van der Waals surface area contributed by atoms with Gasteiger partial charge in [-0.2, -0.15) is 5.10 Å². The highest BCUT2D eigenvalue weighted by molar-refractivity contribution is 7.21. The fraction of sp³-hybridized carbons (Fsp3) is 0.182. The molecular formula is C22H19F2N5O2S. The van der Waals surface area contributed by atoms with Crippen LogP contribution in [-0.2, 0) is 6.54 Å². The van der Waals surface area contributed by atoms with Gasteiger partial charge in [-0.3, -0.25) is 14.3 Å². The van der Waals surface area contributed by atoms with Crippen molar-refractivity contribution in [3.63, 3.8) is 0 Å². The van der Waals surface area contributed by atoms with Crippen molar-refractivity contribution in [3.05, 3.63) is 64.4 Å². The van der Waals surface area contributed by atoms with E-state index in [2.05, 4.69) is 15.4 Å². The zero-order chi connectivity index (χ0) is 23.0. The van der Waals surface area contributed by atoms with E-state index in [0.717, 1.165) is 11.3 Å². The number of anilines is 1. The van der Waals surface area contributed by atoms with Crippen molar-refractivity contribution in [2.75, 3.05) is 5.32 Å². The van der Waals surface area contributed by atoms with Gasteiger partial charge in [0, 0.05) is 17.6 Å². The number of hydrogen-bond acceptors (Lipinski definition) is 5. The maximum atomic E-state index is 13.5. The van der Waals surface area contributed by atoms with Crippen LogP contribution in [0, 0.1) is 6.92 Å². The summed E-state index contributed by atoms with van der Waals surface area (Å²) in [6, 6.07) is 10.1. The van der Waals surface area contributed by atoms with Gasteiger partial charge in [-0.25, -0.2) is 13.8 Å². The zero-order valence-electron chi connectivity index (χ0n) is 17.2. The second-order valence-corrected chi connectivity index (χ2v) is 8.02. The number of nitrogens with two attached hydrogens (primary N) is 1. The standard InChI is InChI=1S/C22H19F2N5O2S/c1-3-29-11(2)14(10-26-29)21(31)28-17-16-13(12-7-5-4-6-8-12)9-15(19(23)24)27-22(16)32-18(17)20(25)30/h4-10,19H,3H2,1-2H3,(H2,25,30)(H,28,31). The molecule has 0 atom stereocenters. The largest absolute Gasteiger partial charge is 0.365 e. The number of alkyl halides is 2. The van der Waals surface area contributed by atoms with Crippen molar-refractivity contribution in [2.24, 2.45) is 5.73 Å². The quantitative estimate of drug-likeness (QED) is 0.437. The molecule has 10 heteroatoms. The number of thiophene rings is 1. The van der Waals surface area contributed by atoms with Crippen molar-refractivity contribution in [1.29, 1.82) is 0 Å². The van der Waals surface area contributed by atoms with Crippen LogP contribution in [0.4, 0.5) is 14.5 Å². The molecule has 0 unspecified atom stereocenters. The molecule has 3 aromatic heterocycles. The predicted molar refractivity (Wildman–Crippen MR) is 119 cm³/mol. The molecule has 0 bridgehead atoms. The van der Waals surface area contributed by atoms with Gasteiger partial charge in [-0.15, -0.1) is 11.3 Å². The van der Waals surface area contributed by atoms with E-state index in [1.807, 2.05) is 6.92 Å². The van der Waals surface area contributed by atoms with Gasteiger partial charge in [-0.05, 0) is 31.0 Å². The van der Waals surface area contributed by atoms with E-state index < -0.39 is 23.9 Å². The molecule has 0 aliphatic heterocycles. The van der Waals surface area contributed by atoms with Crippen molar-refractivity contribution >= 4 is 39.1 Å². The summed E-state index contributed by atoms with van der Waals surface area (Å²) in [5.74, 6) is -1.27. The lowest BCUT2D eigenvalue weighted by Gasteiger charge is -2.11. The van der Waals surface area contributed by atoms with Crippen LogP contribution in [0.2, 0.25) is 0 Å². The molecule has 0 aliphatic rings. The number of fused-ring (bicyclic) bond motifs is 1. The van der Waals surface area contributed by atoms with E-state index in [1.54, 1.807) is 41.9 Å². The third kappa shape index (κ3) is 3.73. The van der Waals surface area contributed by atoms with Crippen LogP contribution in [0.15, 0.2) is 42.6 Å². The van der Waals surface area contributed by atoms with E-state index >= 15 is 0 Å². The van der Waals surface area contributed by atoms with E-state index in [4.69, 9.17) is 5.73 Å². The number of amides is 2. The van der Waals surface area contributed by atoms with Crippen LogP contribution in [0.25, 0.3) is 21.3 Å². The highest BCUT2D eigenvalue weighted by atomic mass is 32.1. The average Bonchev–Trinajstić information content (AvgIpc) is 3.34. The maximum absolute atomic E-state index is 13.5. The Kier molecular flexibility index (Phi) is 5.70. The lowest BCUT2D eigenvalue weighted by molar-refractivity contribution is 0.100. The van der Waals surface area contributed by atoms with Crippen molar-refractivity contribution < 1.29 is 18.4 Å². The van der Waals surface area contributed by atoms with Gasteiger partial charge in [0.15, 0.2) is 0 Å². The number of carbonyl (C=O) groups excluding carboxylic acids is 2. The van der Waals surface area contributed by atoms with Crippen LogP contribution in [-0.4, -0.2) is 26.6 Å². The molecular weight excluding hydrogens is 436 g/mol. The second-order valence-electron chi connectivity index (χ2n) is 7.03. The van der Waals surface area contributed by atoms with Gasteiger partial charge in [0.1, 0.15) is 15.4 Å². The molecule has 164 valence electrons. The summed E-state index contributed by atoms with van der Waals surface area (Å²) in [6.07, 6.45) is -1.36. The molecule has 2 amide bonds. The molecule has 32 heavy (non-hydrogen) atoms. The molecule has 1 aromatic carbocycles.